The molecular formula is C20H22ClN3O6S. The number of anilines is 1. The standard InChI is InChI=1S/C20H22ClN3O6S/c1-23(2)31(28,29)15-8-6-7-14(11-15)20(27)30-13-19(26)24(3)12-18(25)22-17-10-5-4-9-16(17)21/h4-11H,12-13H2,1-3H3,(H,22,25). The monoisotopic (exact) mass is 467 g/mol. The number of likely N-dealkylation sites (N-methyl/N-ethyl adjacent to an activating group) is 1. The summed E-state index contributed by atoms with van der Waals surface area (Å²) in [7, 11) is 0.402. The molecule has 0 aliphatic heterocycles. The molecular weight excluding hydrogens is 446 g/mol. The van der Waals surface area contributed by atoms with Gasteiger partial charge in [-0.05, 0) is 30.3 Å². The van der Waals surface area contributed by atoms with Gasteiger partial charge in [0, 0.05) is 21.1 Å². The molecule has 0 saturated heterocycles. The molecule has 0 unspecified atom stereocenters. The first kappa shape index (κ1) is 24.3. The Morgan fingerprint density at radius 2 is 1.71 bits per heavy atom. The lowest BCUT2D eigenvalue weighted by Crippen LogP contribution is -2.37. The first-order valence-corrected chi connectivity index (χ1v) is 10.8. The minimum atomic E-state index is -3.72. The van der Waals surface area contributed by atoms with E-state index in [0.29, 0.717) is 10.7 Å². The number of amides is 2. The van der Waals surface area contributed by atoms with Crippen LogP contribution in [0.5, 0.6) is 0 Å². The van der Waals surface area contributed by atoms with E-state index in [9.17, 15) is 22.8 Å². The van der Waals surface area contributed by atoms with Crippen molar-refractivity contribution in [2.45, 2.75) is 4.90 Å². The molecule has 2 rings (SSSR count). The second-order valence-corrected chi connectivity index (χ2v) is 9.23. The fourth-order valence-corrected chi connectivity index (χ4v) is 3.50. The minimum Gasteiger partial charge on any atom is -0.452 e. The highest BCUT2D eigenvalue weighted by Gasteiger charge is 2.20. The quantitative estimate of drug-likeness (QED) is 0.593. The lowest BCUT2D eigenvalue weighted by Gasteiger charge is -2.17. The van der Waals surface area contributed by atoms with Crippen LogP contribution < -0.4 is 5.32 Å². The number of nitrogens with zero attached hydrogens (tertiary/aromatic N) is 2. The molecule has 0 spiro atoms. The lowest BCUT2D eigenvalue weighted by molar-refractivity contribution is -0.136. The summed E-state index contributed by atoms with van der Waals surface area (Å²) >= 11 is 5.97. The molecule has 0 fully saturated rings. The van der Waals surface area contributed by atoms with Crippen LogP contribution in [0.25, 0.3) is 0 Å². The molecule has 0 aliphatic rings. The highest BCUT2D eigenvalue weighted by Crippen LogP contribution is 2.20. The van der Waals surface area contributed by atoms with Gasteiger partial charge in [0.1, 0.15) is 0 Å². The summed E-state index contributed by atoms with van der Waals surface area (Å²) < 4.78 is 30.4. The van der Waals surface area contributed by atoms with Crippen LogP contribution in [0, 0.1) is 0 Å². The van der Waals surface area contributed by atoms with Crippen LogP contribution in [0.1, 0.15) is 10.4 Å². The predicted octanol–water partition coefficient (Wildman–Crippen LogP) is 1.84. The van der Waals surface area contributed by atoms with E-state index in [1.54, 1.807) is 24.3 Å². The summed E-state index contributed by atoms with van der Waals surface area (Å²) in [5.74, 6) is -1.95. The zero-order valence-electron chi connectivity index (χ0n) is 17.2. The van der Waals surface area contributed by atoms with Gasteiger partial charge in [0.2, 0.25) is 15.9 Å². The molecule has 0 aliphatic carbocycles. The molecule has 0 aromatic heterocycles. The Balaban J connectivity index is 1.92. The maximum Gasteiger partial charge on any atom is 0.338 e. The van der Waals surface area contributed by atoms with Gasteiger partial charge in [-0.3, -0.25) is 9.59 Å². The Morgan fingerprint density at radius 1 is 1.03 bits per heavy atom. The van der Waals surface area contributed by atoms with Crippen molar-refractivity contribution in [3.8, 4) is 0 Å². The van der Waals surface area contributed by atoms with Gasteiger partial charge in [-0.15, -0.1) is 0 Å². The van der Waals surface area contributed by atoms with Crippen LogP contribution in [0.3, 0.4) is 0 Å². The third-order valence-electron chi connectivity index (χ3n) is 4.13. The van der Waals surface area contributed by atoms with Crippen LogP contribution in [-0.2, 0) is 24.3 Å². The molecule has 2 aromatic carbocycles. The smallest absolute Gasteiger partial charge is 0.338 e. The van der Waals surface area contributed by atoms with Crippen molar-refractivity contribution in [1.82, 2.24) is 9.21 Å². The summed E-state index contributed by atoms with van der Waals surface area (Å²) in [6, 6.07) is 12.0. The van der Waals surface area contributed by atoms with Gasteiger partial charge < -0.3 is 15.0 Å². The second-order valence-electron chi connectivity index (χ2n) is 6.67. The van der Waals surface area contributed by atoms with Gasteiger partial charge in [0.25, 0.3) is 5.91 Å². The number of carbonyl (C=O) groups excluding carboxylic acids is 3. The Bertz CT molecular complexity index is 1090. The SMILES string of the molecule is CN(CC(=O)Nc1ccccc1Cl)C(=O)COC(=O)c1cccc(S(=O)(=O)N(C)C)c1. The summed E-state index contributed by atoms with van der Waals surface area (Å²) in [6.45, 7) is -0.891. The first-order chi connectivity index (χ1) is 14.5. The van der Waals surface area contributed by atoms with Crippen LogP contribution in [-0.4, -0.2) is 69.7 Å². The number of hydrogen-bond acceptors (Lipinski definition) is 6. The average Bonchev–Trinajstić information content (AvgIpc) is 2.73. The van der Waals surface area contributed by atoms with Crippen molar-refractivity contribution in [1.29, 1.82) is 0 Å². The summed E-state index contributed by atoms with van der Waals surface area (Å²) in [6.07, 6.45) is 0. The molecule has 0 atom stereocenters. The molecule has 166 valence electrons. The van der Waals surface area contributed by atoms with Gasteiger partial charge in [-0.2, -0.15) is 0 Å². The molecule has 0 saturated carbocycles. The van der Waals surface area contributed by atoms with Crippen molar-refractivity contribution >= 4 is 45.1 Å². The number of esters is 1. The molecule has 0 bridgehead atoms. The molecule has 1 N–H and O–H groups in total. The van der Waals surface area contributed by atoms with E-state index >= 15 is 0 Å². The summed E-state index contributed by atoms with van der Waals surface area (Å²) in [4.78, 5) is 37.5. The van der Waals surface area contributed by atoms with Gasteiger partial charge in [0.05, 0.1) is 27.7 Å². The highest BCUT2D eigenvalue weighted by atomic mass is 35.5. The second kappa shape index (κ2) is 10.4. The van der Waals surface area contributed by atoms with Crippen LogP contribution in [0.15, 0.2) is 53.4 Å². The van der Waals surface area contributed by atoms with Crippen molar-refractivity contribution in [3.05, 3.63) is 59.1 Å². The van der Waals surface area contributed by atoms with E-state index in [1.165, 1.54) is 45.4 Å². The molecule has 2 aromatic rings. The predicted molar refractivity (Wildman–Crippen MR) is 115 cm³/mol. The van der Waals surface area contributed by atoms with Crippen molar-refractivity contribution in [2.24, 2.45) is 0 Å². The highest BCUT2D eigenvalue weighted by molar-refractivity contribution is 7.89. The number of carbonyl (C=O) groups is 3. The van der Waals surface area contributed by atoms with Gasteiger partial charge >= 0.3 is 5.97 Å². The topological polar surface area (TPSA) is 113 Å². The lowest BCUT2D eigenvalue weighted by atomic mass is 10.2. The fraction of sp³-hybridized carbons (Fsp3) is 0.250. The molecule has 31 heavy (non-hydrogen) atoms. The van der Waals surface area contributed by atoms with E-state index < -0.39 is 34.4 Å². The van der Waals surface area contributed by atoms with E-state index in [-0.39, 0.29) is 17.0 Å². The number of sulfonamides is 1. The number of ether oxygens (including phenoxy) is 1. The number of para-hydroxylation sites is 1. The number of nitrogens with one attached hydrogen (secondary N) is 1. The Kier molecular flexibility index (Phi) is 8.14. The van der Waals surface area contributed by atoms with Crippen molar-refractivity contribution < 1.29 is 27.5 Å². The third kappa shape index (κ3) is 6.51. The largest absolute Gasteiger partial charge is 0.452 e. The number of halogens is 1. The van der Waals surface area contributed by atoms with E-state index in [4.69, 9.17) is 16.3 Å². The Hall–Kier alpha value is -2.95. The third-order valence-corrected chi connectivity index (χ3v) is 6.27. The minimum absolute atomic E-state index is 0.0187. The van der Waals surface area contributed by atoms with E-state index in [1.807, 2.05) is 0 Å². The maximum atomic E-state index is 12.2. The molecule has 0 radical (unpaired) electrons. The van der Waals surface area contributed by atoms with Crippen LogP contribution >= 0.6 is 11.6 Å². The molecule has 0 heterocycles. The van der Waals surface area contributed by atoms with Gasteiger partial charge in [-0.1, -0.05) is 29.8 Å². The Morgan fingerprint density at radius 3 is 2.35 bits per heavy atom. The number of hydrogen-bond donors (Lipinski definition) is 1. The maximum absolute atomic E-state index is 12.2. The van der Waals surface area contributed by atoms with Crippen LogP contribution in [0.2, 0.25) is 5.02 Å². The zero-order chi connectivity index (χ0) is 23.2. The van der Waals surface area contributed by atoms with Gasteiger partial charge in [-0.25, -0.2) is 17.5 Å². The first-order valence-electron chi connectivity index (χ1n) is 9.00. The summed E-state index contributed by atoms with van der Waals surface area (Å²) in [5, 5.41) is 2.94. The van der Waals surface area contributed by atoms with Gasteiger partial charge in [0.15, 0.2) is 6.61 Å². The number of benzene rings is 2. The molecule has 11 heteroatoms. The average molecular weight is 468 g/mol. The molecule has 2 amide bonds. The van der Waals surface area contributed by atoms with Crippen molar-refractivity contribution in [2.75, 3.05) is 39.6 Å². The number of rotatable bonds is 8. The van der Waals surface area contributed by atoms with E-state index in [0.717, 1.165) is 9.21 Å². The van der Waals surface area contributed by atoms with Crippen molar-refractivity contribution in [3.63, 3.8) is 0 Å². The van der Waals surface area contributed by atoms with Crippen LogP contribution in [0.4, 0.5) is 5.69 Å². The van der Waals surface area contributed by atoms with E-state index in [2.05, 4.69) is 5.32 Å². The Labute approximate surface area is 185 Å². The normalized spacial score (nSPS) is 11.1. The molecule has 9 nitrogen and oxygen atoms in total. The zero-order valence-corrected chi connectivity index (χ0v) is 18.7. The summed E-state index contributed by atoms with van der Waals surface area (Å²) in [5.41, 5.74) is 0.392. The fourth-order valence-electron chi connectivity index (χ4n) is 2.37.